The first-order valence-electron chi connectivity index (χ1n) is 27.0. The molecule has 3 N–H and O–H groups in total. The predicted molar refractivity (Wildman–Crippen MR) is 310 cm³/mol. The lowest BCUT2D eigenvalue weighted by Gasteiger charge is -2.52. The van der Waals surface area contributed by atoms with Crippen molar-refractivity contribution in [2.75, 3.05) is 28.2 Å². The molecule has 0 fully saturated rings. The summed E-state index contributed by atoms with van der Waals surface area (Å²) in [6.07, 6.45) is 1.48. The molecule has 0 bridgehead atoms. The van der Waals surface area contributed by atoms with Gasteiger partial charge in [-0.15, -0.1) is 0 Å². The smallest absolute Gasteiger partial charge is 0.470 e. The first kappa shape index (κ1) is 62.5. The monoisotopic (exact) mass is 1150 g/mol. The van der Waals surface area contributed by atoms with Crippen LogP contribution in [0.1, 0.15) is 110 Å². The molecule has 20 heteroatoms. The van der Waals surface area contributed by atoms with Crippen LogP contribution >= 0.6 is 0 Å². The minimum atomic E-state index is -2.53. The van der Waals surface area contributed by atoms with E-state index in [1.165, 1.54) is 0 Å². The Morgan fingerprint density at radius 1 is 0.593 bits per heavy atom. The van der Waals surface area contributed by atoms with Gasteiger partial charge in [-0.1, -0.05) is 158 Å². The number of hydrogen-bond donors (Lipinski definition) is 3. The van der Waals surface area contributed by atoms with Crippen molar-refractivity contribution in [1.82, 2.24) is 20.1 Å². The first-order valence-corrected chi connectivity index (χ1v) is 32.8. The quantitative estimate of drug-likeness (QED) is 0.0503. The summed E-state index contributed by atoms with van der Waals surface area (Å²) in [4.78, 5) is 45.3. The van der Waals surface area contributed by atoms with Crippen LogP contribution in [0, 0.1) is 11.8 Å². The summed E-state index contributed by atoms with van der Waals surface area (Å²) in [7, 11) is 2.30. The van der Waals surface area contributed by atoms with Crippen molar-refractivity contribution in [3.8, 4) is 11.8 Å². The molecule has 10 atom stereocenters. The van der Waals surface area contributed by atoms with Gasteiger partial charge in [-0.25, -0.2) is 4.79 Å². The maximum atomic E-state index is 14.6. The highest BCUT2D eigenvalue weighted by Crippen LogP contribution is 2.55. The normalized spacial score (nSPS) is 26.1. The average Bonchev–Trinajstić information content (AvgIpc) is 2.69. The van der Waals surface area contributed by atoms with E-state index >= 15 is 0 Å². The van der Waals surface area contributed by atoms with Crippen molar-refractivity contribution in [3.05, 3.63) is 155 Å². The molecule has 0 spiro atoms. The molecule has 0 saturated carbocycles. The van der Waals surface area contributed by atoms with E-state index in [1.807, 2.05) is 110 Å². The van der Waals surface area contributed by atoms with Crippen LogP contribution in [-0.2, 0) is 38.1 Å². The number of Topliss-reactive ketones (excluding diaryl/α,β-unsaturated/α-hetero) is 2. The van der Waals surface area contributed by atoms with Gasteiger partial charge >= 0.3 is 6.16 Å². The van der Waals surface area contributed by atoms with Crippen molar-refractivity contribution in [3.63, 3.8) is 0 Å². The predicted octanol–water partition coefficient (Wildman–Crippen LogP) is 10.4. The molecule has 0 amide bonds. The van der Waals surface area contributed by atoms with Crippen LogP contribution in [0.3, 0.4) is 0 Å². The Labute approximate surface area is 478 Å². The van der Waals surface area contributed by atoms with E-state index in [4.69, 9.17) is 36.8 Å². The van der Waals surface area contributed by atoms with Gasteiger partial charge in [0.25, 0.3) is 11.8 Å². The Morgan fingerprint density at radius 2 is 0.963 bits per heavy atom. The number of hydrogen-bond acceptors (Lipinski definition) is 18. The third kappa shape index (κ3) is 12.2. The van der Waals surface area contributed by atoms with Gasteiger partial charge in [0.1, 0.15) is 49.3 Å². The summed E-state index contributed by atoms with van der Waals surface area (Å²) in [5.74, 6) is -2.69. The van der Waals surface area contributed by atoms with Crippen molar-refractivity contribution in [2.45, 2.75) is 153 Å². The Bertz CT molecular complexity index is 3040. The van der Waals surface area contributed by atoms with Gasteiger partial charge in [0.2, 0.25) is 11.6 Å². The number of aliphatic hydroxyl groups is 3. The minimum Gasteiger partial charge on any atom is -0.470 e. The van der Waals surface area contributed by atoms with E-state index < -0.39 is 93.9 Å². The molecule has 2 heterocycles. The molecule has 4 aliphatic carbocycles. The Kier molecular flexibility index (Phi) is 18.5. The zero-order chi connectivity index (χ0) is 58.3. The van der Waals surface area contributed by atoms with Gasteiger partial charge in [0.15, 0.2) is 39.4 Å². The average molecular weight is 1150 g/mol. The zero-order valence-corrected chi connectivity index (χ0v) is 50.3. The fraction of sp³-hybridized carbons (Fsp3) is 0.492. The number of carbonyl (C=O) groups excluding carboxylic acids is 3. The molecule has 2 aromatic heterocycles. The second-order valence-electron chi connectivity index (χ2n) is 24.6. The molecule has 5 aromatic rings. The van der Waals surface area contributed by atoms with E-state index in [0.29, 0.717) is 0 Å². The molecule has 0 radical (unpaired) electrons. The number of fused-ring (bicyclic) bond motifs is 4. The van der Waals surface area contributed by atoms with Crippen LogP contribution in [0.15, 0.2) is 124 Å². The number of nitrogens with zero attached hydrogens (tertiary/aromatic N) is 4. The summed E-state index contributed by atoms with van der Waals surface area (Å²) in [5.41, 5.74) is -1.46. The maximum Gasteiger partial charge on any atom is 0.509 e. The third-order valence-electron chi connectivity index (χ3n) is 16.8. The van der Waals surface area contributed by atoms with E-state index in [0.717, 1.165) is 16.7 Å². The summed E-state index contributed by atoms with van der Waals surface area (Å²) < 4.78 is 47.9. The summed E-state index contributed by atoms with van der Waals surface area (Å²) in [6, 6.07) is 26.9. The highest BCUT2D eigenvalue weighted by molar-refractivity contribution is 6.74. The number of rotatable bonds is 15. The van der Waals surface area contributed by atoms with Crippen molar-refractivity contribution in [1.29, 1.82) is 0 Å². The maximum absolute atomic E-state index is 14.6. The largest absolute Gasteiger partial charge is 0.509 e. The summed E-state index contributed by atoms with van der Waals surface area (Å²) in [6.45, 7) is 21.1. The van der Waals surface area contributed by atoms with E-state index in [2.05, 4.69) is 78.0 Å². The van der Waals surface area contributed by atoms with Crippen LogP contribution in [0.5, 0.6) is 11.8 Å². The lowest BCUT2D eigenvalue weighted by atomic mass is 9.63. The van der Waals surface area contributed by atoms with Gasteiger partial charge in [0, 0.05) is 0 Å². The van der Waals surface area contributed by atoms with Crippen molar-refractivity contribution < 1.29 is 66.5 Å². The van der Waals surface area contributed by atoms with Crippen LogP contribution in [0.25, 0.3) is 0 Å². The zero-order valence-electron chi connectivity index (χ0n) is 48.3. The Hall–Kier alpha value is -6.08. The SMILES string of the molecule is C.CN(C)[C@@H]1c2onc(OCc3ccccc3)c2C(=O)[C@]2(O)[C@H]1[C@@H](O)C=C[C@H]2O[Si](C)(C)C(C)(C)C.CN(C)[C@@H]1c2onc(OCc3ccccc3)c2C(=O)[C@]2(O)[C@H]1[C@@H](OC(=O)OCc1ccccc1)C=C[C@H]2O[Si](C)(C)C(C)(C)C. The molecular weight excluding hydrogens is 1070 g/mol. The fourth-order valence-electron chi connectivity index (χ4n) is 10.4. The van der Waals surface area contributed by atoms with Crippen LogP contribution < -0.4 is 9.47 Å². The number of carbonyl (C=O) groups is 3. The third-order valence-corrected chi connectivity index (χ3v) is 25.7. The van der Waals surface area contributed by atoms with Crippen molar-refractivity contribution >= 4 is 34.4 Å². The van der Waals surface area contributed by atoms with Gasteiger partial charge in [-0.05, 0) is 97.5 Å². The number of aromatic nitrogens is 2. The standard InChI is InChI=1S/C34H42N2O8Si.C26H36N2O6Si.CH4/c1-33(2,3)45(6,7)44-25-19-18-24(42-32(38)41-21-23-16-12-9-13-17-23)27-28(36(4)5)29-26(30(37)34(25,27)39)31(35-43-29)40-20-22-14-10-8-11-15-22;1-25(2,3)35(6,7)34-18-14-13-17(29)20-21(28(4)5)22-19(23(30)26(18,20)31)24(27-33-22)32-15-16-11-9-8-10-12-16;/h8-19,24-25,27-28,39H,20-21H2,1-7H3;8-14,17-18,20-21,29,31H,15H2,1-7H3;1H4/t24-,25+,27-,28-,34+;17-,18+,20-,21-,26+;/m00./s1. The molecule has 3 aromatic carbocycles. The molecule has 438 valence electrons. The van der Waals surface area contributed by atoms with E-state index in [-0.39, 0.29) is 71.7 Å². The molecule has 9 rings (SSSR count). The van der Waals surface area contributed by atoms with Crippen LogP contribution in [0.4, 0.5) is 4.79 Å². The lowest BCUT2D eigenvalue weighted by molar-refractivity contribution is -0.130. The molecule has 0 aliphatic heterocycles. The number of benzene rings is 3. The highest BCUT2D eigenvalue weighted by Gasteiger charge is 2.67. The Morgan fingerprint density at radius 3 is 1.36 bits per heavy atom. The highest BCUT2D eigenvalue weighted by atomic mass is 28.4. The second kappa shape index (κ2) is 24.0. The topological polar surface area (TPSA) is 226 Å². The molecule has 0 unspecified atom stereocenters. The van der Waals surface area contributed by atoms with Gasteiger partial charge in [-0.2, -0.15) is 0 Å². The van der Waals surface area contributed by atoms with Gasteiger partial charge in [-0.3, -0.25) is 19.4 Å². The molecule has 18 nitrogen and oxygen atoms in total. The van der Waals surface area contributed by atoms with Gasteiger partial charge in [0.05, 0.1) is 30.0 Å². The number of ketones is 2. The van der Waals surface area contributed by atoms with E-state index in [9.17, 15) is 29.7 Å². The second-order valence-corrected chi connectivity index (χ2v) is 34.2. The Balaban J connectivity index is 0.000000238. The van der Waals surface area contributed by atoms with Crippen LogP contribution in [0.2, 0.25) is 36.3 Å². The number of ether oxygens (including phenoxy) is 4. The van der Waals surface area contributed by atoms with E-state index in [1.54, 1.807) is 43.3 Å². The first-order chi connectivity index (χ1) is 37.5. The molecule has 4 aliphatic rings. The molecule has 81 heavy (non-hydrogen) atoms. The summed E-state index contributed by atoms with van der Waals surface area (Å²) >= 11 is 0. The number of aliphatic hydroxyl groups excluding tert-OH is 1. The van der Waals surface area contributed by atoms with Gasteiger partial charge < -0.3 is 52.2 Å². The molecule has 0 saturated heterocycles. The summed E-state index contributed by atoms with van der Waals surface area (Å²) in [5, 5.41) is 43.8. The van der Waals surface area contributed by atoms with Crippen molar-refractivity contribution in [2.24, 2.45) is 11.8 Å². The minimum absolute atomic E-state index is 0. The lowest BCUT2D eigenvalue weighted by Crippen LogP contribution is -2.67. The van der Waals surface area contributed by atoms with Crippen LogP contribution in [-0.4, -0.2) is 134 Å². The molecular formula is C61H82N4O14Si2. The fourth-order valence-corrected chi connectivity index (χ4v) is 12.9.